The fraction of sp³-hybridized carbons (Fsp3) is 0.500. The summed E-state index contributed by atoms with van der Waals surface area (Å²) < 4.78 is 0. The number of aryl methyl sites for hydroxylation is 1. The monoisotopic (exact) mass is 302 g/mol. The van der Waals surface area contributed by atoms with Crippen molar-refractivity contribution in [2.45, 2.75) is 52.0 Å². The van der Waals surface area contributed by atoms with Crippen LogP contribution in [0.2, 0.25) is 0 Å². The highest BCUT2D eigenvalue weighted by Crippen LogP contribution is 2.27. The number of hydrogen-bond donors (Lipinski definition) is 1. The summed E-state index contributed by atoms with van der Waals surface area (Å²) >= 11 is 1.78. The molecule has 1 unspecified atom stereocenters. The van der Waals surface area contributed by atoms with Crippen molar-refractivity contribution in [3.05, 3.63) is 51.5 Å². The van der Waals surface area contributed by atoms with Gasteiger partial charge in [-0.3, -0.25) is 0 Å². The van der Waals surface area contributed by atoms with Crippen LogP contribution in [0.25, 0.3) is 0 Å². The molecule has 0 radical (unpaired) electrons. The highest BCUT2D eigenvalue weighted by molar-refractivity contribution is 7.09. The summed E-state index contributed by atoms with van der Waals surface area (Å²) in [7, 11) is 2.04. The smallest absolute Gasteiger partial charge is 0.0947 e. The van der Waals surface area contributed by atoms with Crippen LogP contribution in [-0.4, -0.2) is 12.0 Å². The van der Waals surface area contributed by atoms with E-state index in [0.29, 0.717) is 6.04 Å². The molecule has 1 aromatic heterocycles. The quantitative estimate of drug-likeness (QED) is 0.879. The first-order valence-electron chi connectivity index (χ1n) is 7.65. The number of nitrogens with one attached hydrogen (secondary N) is 1. The molecule has 0 aliphatic rings. The van der Waals surface area contributed by atoms with E-state index in [-0.39, 0.29) is 5.41 Å². The standard InChI is InChI=1S/C18H26N2S/c1-6-13-9-7-8-10-14(13)15(19-5)11-17-20-16(12-21-17)18(2,3)4/h7-10,12,15,19H,6,11H2,1-5H3. The van der Waals surface area contributed by atoms with Crippen LogP contribution in [0.1, 0.15) is 55.6 Å². The van der Waals surface area contributed by atoms with Crippen molar-refractivity contribution in [3.8, 4) is 0 Å². The second-order valence-corrected chi connectivity index (χ2v) is 7.42. The SMILES string of the molecule is CCc1ccccc1C(Cc1nc(C(C)(C)C)cs1)NC. The second-order valence-electron chi connectivity index (χ2n) is 6.47. The van der Waals surface area contributed by atoms with E-state index in [0.717, 1.165) is 12.8 Å². The molecule has 0 amide bonds. The predicted molar refractivity (Wildman–Crippen MR) is 92.1 cm³/mol. The van der Waals surface area contributed by atoms with Crippen LogP contribution in [0.3, 0.4) is 0 Å². The van der Waals surface area contributed by atoms with Crippen molar-refractivity contribution in [2.75, 3.05) is 7.05 Å². The Morgan fingerprint density at radius 3 is 2.52 bits per heavy atom. The average Bonchev–Trinajstić information content (AvgIpc) is 2.93. The van der Waals surface area contributed by atoms with Gasteiger partial charge in [0.15, 0.2) is 0 Å². The third-order valence-electron chi connectivity index (χ3n) is 3.86. The summed E-state index contributed by atoms with van der Waals surface area (Å²) in [5.74, 6) is 0. The average molecular weight is 302 g/mol. The van der Waals surface area contributed by atoms with Gasteiger partial charge in [0.1, 0.15) is 0 Å². The van der Waals surface area contributed by atoms with Gasteiger partial charge in [-0.15, -0.1) is 11.3 Å². The Morgan fingerprint density at radius 1 is 1.24 bits per heavy atom. The minimum Gasteiger partial charge on any atom is -0.313 e. The second kappa shape index (κ2) is 6.71. The van der Waals surface area contributed by atoms with Gasteiger partial charge >= 0.3 is 0 Å². The summed E-state index contributed by atoms with van der Waals surface area (Å²) in [6.45, 7) is 8.86. The van der Waals surface area contributed by atoms with Gasteiger partial charge in [0.05, 0.1) is 10.7 Å². The molecule has 0 aliphatic heterocycles. The molecule has 0 saturated carbocycles. The topological polar surface area (TPSA) is 24.9 Å². The first-order chi connectivity index (χ1) is 9.95. The Kier molecular flexibility index (Phi) is 5.17. The van der Waals surface area contributed by atoms with Gasteiger partial charge in [0.2, 0.25) is 0 Å². The zero-order chi connectivity index (χ0) is 15.5. The van der Waals surface area contributed by atoms with Crippen LogP contribution in [0.5, 0.6) is 0 Å². The molecule has 21 heavy (non-hydrogen) atoms. The molecule has 2 nitrogen and oxygen atoms in total. The highest BCUT2D eigenvalue weighted by Gasteiger charge is 2.20. The number of thiazole rings is 1. The van der Waals surface area contributed by atoms with Crippen molar-refractivity contribution >= 4 is 11.3 Å². The molecule has 1 atom stereocenters. The molecular formula is C18H26N2S. The van der Waals surface area contributed by atoms with E-state index in [1.54, 1.807) is 11.3 Å². The van der Waals surface area contributed by atoms with Crippen LogP contribution < -0.4 is 5.32 Å². The molecule has 2 aromatic rings. The maximum Gasteiger partial charge on any atom is 0.0947 e. The molecule has 0 fully saturated rings. The minimum absolute atomic E-state index is 0.130. The summed E-state index contributed by atoms with van der Waals surface area (Å²) in [6, 6.07) is 9.04. The maximum atomic E-state index is 4.83. The summed E-state index contributed by atoms with van der Waals surface area (Å²) in [4.78, 5) is 4.83. The van der Waals surface area contributed by atoms with Crippen LogP contribution in [0, 0.1) is 0 Å². The highest BCUT2D eigenvalue weighted by atomic mass is 32.1. The Balaban J connectivity index is 2.21. The first-order valence-corrected chi connectivity index (χ1v) is 8.53. The molecular weight excluding hydrogens is 276 g/mol. The van der Waals surface area contributed by atoms with E-state index in [2.05, 4.69) is 62.7 Å². The Hall–Kier alpha value is -1.19. The van der Waals surface area contributed by atoms with E-state index in [4.69, 9.17) is 4.98 Å². The maximum absolute atomic E-state index is 4.83. The van der Waals surface area contributed by atoms with Crippen LogP contribution >= 0.6 is 11.3 Å². The van der Waals surface area contributed by atoms with E-state index in [1.807, 2.05) is 7.05 Å². The molecule has 0 bridgehead atoms. The lowest BCUT2D eigenvalue weighted by Gasteiger charge is -2.19. The van der Waals surface area contributed by atoms with Gasteiger partial charge in [-0.25, -0.2) is 4.98 Å². The van der Waals surface area contributed by atoms with Gasteiger partial charge in [0.25, 0.3) is 0 Å². The number of nitrogens with zero attached hydrogens (tertiary/aromatic N) is 1. The molecule has 1 aromatic carbocycles. The van der Waals surface area contributed by atoms with Crippen molar-refractivity contribution in [2.24, 2.45) is 0 Å². The van der Waals surface area contributed by atoms with Crippen LogP contribution in [-0.2, 0) is 18.3 Å². The summed E-state index contributed by atoms with van der Waals surface area (Å²) in [5.41, 5.74) is 4.14. The first kappa shape index (κ1) is 16.2. The third-order valence-corrected chi connectivity index (χ3v) is 4.73. The number of hydrogen-bond acceptors (Lipinski definition) is 3. The summed E-state index contributed by atoms with van der Waals surface area (Å²) in [6.07, 6.45) is 2.02. The van der Waals surface area contributed by atoms with E-state index in [1.165, 1.54) is 21.8 Å². The predicted octanol–water partition coefficient (Wildman–Crippen LogP) is 4.51. The molecule has 2 rings (SSSR count). The van der Waals surface area contributed by atoms with Crippen molar-refractivity contribution in [1.82, 2.24) is 10.3 Å². The minimum atomic E-state index is 0.130. The lowest BCUT2D eigenvalue weighted by molar-refractivity contribution is 0.558. The summed E-state index contributed by atoms with van der Waals surface area (Å²) in [5, 5.41) is 6.87. The van der Waals surface area contributed by atoms with Gasteiger partial charge in [0, 0.05) is 23.3 Å². The number of rotatable bonds is 5. The molecule has 0 aliphatic carbocycles. The number of benzene rings is 1. The van der Waals surface area contributed by atoms with E-state index >= 15 is 0 Å². The lowest BCUT2D eigenvalue weighted by atomic mass is 9.93. The lowest BCUT2D eigenvalue weighted by Crippen LogP contribution is -2.20. The Labute approximate surface area is 132 Å². The molecule has 0 spiro atoms. The zero-order valence-corrected chi connectivity index (χ0v) is 14.6. The van der Waals surface area contributed by atoms with Crippen LogP contribution in [0.15, 0.2) is 29.6 Å². The molecule has 114 valence electrons. The van der Waals surface area contributed by atoms with Crippen molar-refractivity contribution < 1.29 is 0 Å². The van der Waals surface area contributed by atoms with Crippen molar-refractivity contribution in [1.29, 1.82) is 0 Å². The Morgan fingerprint density at radius 2 is 1.95 bits per heavy atom. The number of likely N-dealkylation sites (N-methyl/N-ethyl adjacent to an activating group) is 1. The normalized spacial score (nSPS) is 13.4. The van der Waals surface area contributed by atoms with Gasteiger partial charge in [-0.2, -0.15) is 0 Å². The molecule has 1 heterocycles. The zero-order valence-electron chi connectivity index (χ0n) is 13.7. The number of aromatic nitrogens is 1. The fourth-order valence-corrected chi connectivity index (χ4v) is 3.56. The molecule has 0 saturated heterocycles. The Bertz CT molecular complexity index is 581. The van der Waals surface area contributed by atoms with Gasteiger partial charge in [-0.05, 0) is 24.6 Å². The van der Waals surface area contributed by atoms with E-state index in [9.17, 15) is 0 Å². The molecule has 3 heteroatoms. The van der Waals surface area contributed by atoms with Crippen molar-refractivity contribution in [3.63, 3.8) is 0 Å². The molecule has 1 N–H and O–H groups in total. The third kappa shape index (κ3) is 3.92. The van der Waals surface area contributed by atoms with Gasteiger partial charge < -0.3 is 5.32 Å². The largest absolute Gasteiger partial charge is 0.313 e. The fourth-order valence-electron chi connectivity index (χ4n) is 2.49. The van der Waals surface area contributed by atoms with Crippen LogP contribution in [0.4, 0.5) is 0 Å². The van der Waals surface area contributed by atoms with E-state index < -0.39 is 0 Å². The van der Waals surface area contributed by atoms with Gasteiger partial charge in [-0.1, -0.05) is 52.0 Å².